The van der Waals surface area contributed by atoms with Gasteiger partial charge in [0.2, 0.25) is 11.8 Å². The van der Waals surface area contributed by atoms with E-state index in [2.05, 4.69) is 15.3 Å². The number of carbonyl (C=O) groups excluding carboxylic acids is 1. The predicted molar refractivity (Wildman–Crippen MR) is 188 cm³/mol. The van der Waals surface area contributed by atoms with Gasteiger partial charge >= 0.3 is 6.09 Å². The van der Waals surface area contributed by atoms with E-state index in [4.69, 9.17) is 14.5 Å². The lowest BCUT2D eigenvalue weighted by atomic mass is 10.0. The van der Waals surface area contributed by atoms with Crippen LogP contribution in [0.15, 0.2) is 60.9 Å². The first-order valence-corrected chi connectivity index (χ1v) is 18.7. The number of rotatable bonds is 9. The van der Waals surface area contributed by atoms with Crippen LogP contribution in [0.5, 0.6) is 11.6 Å². The van der Waals surface area contributed by atoms with Gasteiger partial charge in [0.1, 0.15) is 11.4 Å². The third-order valence-corrected chi connectivity index (χ3v) is 10.7. The zero-order valence-corrected chi connectivity index (χ0v) is 29.1. The van der Waals surface area contributed by atoms with E-state index in [0.29, 0.717) is 41.9 Å². The Bertz CT molecular complexity index is 1890. The summed E-state index contributed by atoms with van der Waals surface area (Å²) >= 11 is 0. The van der Waals surface area contributed by atoms with Crippen LogP contribution in [0, 0.1) is 12.8 Å². The maximum atomic E-state index is 13.2. The number of aryl methyl sites for hydroxylation is 1. The van der Waals surface area contributed by atoms with E-state index in [9.17, 15) is 13.2 Å². The van der Waals surface area contributed by atoms with Crippen molar-refractivity contribution in [2.24, 2.45) is 5.92 Å². The summed E-state index contributed by atoms with van der Waals surface area (Å²) in [5.41, 5.74) is 2.44. The van der Waals surface area contributed by atoms with Crippen molar-refractivity contribution >= 4 is 32.7 Å². The second-order valence-electron chi connectivity index (χ2n) is 14.1. The molecule has 0 spiro atoms. The number of amides is 1. The highest BCUT2D eigenvalue weighted by Crippen LogP contribution is 2.38. The number of sulfone groups is 1. The Hall–Kier alpha value is -4.25. The van der Waals surface area contributed by atoms with Crippen LogP contribution in [-0.2, 0) is 20.3 Å². The fourth-order valence-electron chi connectivity index (χ4n) is 6.71. The summed E-state index contributed by atoms with van der Waals surface area (Å²) in [5, 5.41) is 5.09. The van der Waals surface area contributed by atoms with Crippen molar-refractivity contribution in [1.29, 1.82) is 0 Å². The molecule has 1 saturated carbocycles. The second-order valence-corrected chi connectivity index (χ2v) is 16.2. The molecule has 0 radical (unpaired) electrons. The van der Waals surface area contributed by atoms with Gasteiger partial charge in [0.25, 0.3) is 0 Å². The highest BCUT2D eigenvalue weighted by molar-refractivity contribution is 7.90. The molecule has 3 heterocycles. The Balaban J connectivity index is 1.23. The van der Waals surface area contributed by atoms with Crippen molar-refractivity contribution in [2.75, 3.05) is 24.2 Å². The lowest BCUT2D eigenvalue weighted by molar-refractivity contribution is 0.0206. The number of fused-ring (bicyclic) bond motifs is 1. The van der Waals surface area contributed by atoms with Crippen LogP contribution in [0.2, 0.25) is 0 Å². The summed E-state index contributed by atoms with van der Waals surface area (Å²) in [6, 6.07) is 15.2. The topological polar surface area (TPSA) is 124 Å². The molecule has 6 rings (SSSR count). The Labute approximate surface area is 283 Å². The number of hydrogen-bond acceptors (Lipinski definition) is 9. The number of pyridine rings is 1. The van der Waals surface area contributed by atoms with E-state index in [-0.39, 0.29) is 29.6 Å². The average molecular weight is 672 g/mol. The van der Waals surface area contributed by atoms with Crippen LogP contribution in [-0.4, -0.2) is 64.8 Å². The summed E-state index contributed by atoms with van der Waals surface area (Å²) in [6.07, 6.45) is 8.99. The van der Waals surface area contributed by atoms with Crippen molar-refractivity contribution in [1.82, 2.24) is 19.9 Å². The minimum absolute atomic E-state index is 0.00538. The number of piperidine rings is 1. The maximum Gasteiger partial charge on any atom is 0.410 e. The van der Waals surface area contributed by atoms with Crippen LogP contribution in [0.3, 0.4) is 0 Å². The molecule has 2 aromatic carbocycles. The van der Waals surface area contributed by atoms with Crippen molar-refractivity contribution in [3.63, 3.8) is 0 Å². The zero-order valence-electron chi connectivity index (χ0n) is 28.2. The van der Waals surface area contributed by atoms with Gasteiger partial charge in [-0.05, 0) is 94.0 Å². The number of nitrogens with one attached hydrogen (secondary N) is 1. The molecule has 2 fully saturated rings. The van der Waals surface area contributed by atoms with E-state index in [1.165, 1.54) is 0 Å². The number of likely N-dealkylation sites (tertiary alicyclic amines) is 1. The number of aromatic nitrogens is 3. The van der Waals surface area contributed by atoms with E-state index in [1.807, 2.05) is 76.2 Å². The molecule has 1 N–H and O–H groups in total. The molecule has 254 valence electrons. The highest BCUT2D eigenvalue weighted by atomic mass is 32.2. The number of ether oxygens (including phenoxy) is 2. The minimum Gasteiger partial charge on any atom is -0.444 e. The maximum absolute atomic E-state index is 13.2. The van der Waals surface area contributed by atoms with E-state index in [1.54, 1.807) is 17.3 Å². The van der Waals surface area contributed by atoms with E-state index < -0.39 is 15.4 Å². The van der Waals surface area contributed by atoms with E-state index in [0.717, 1.165) is 60.4 Å². The van der Waals surface area contributed by atoms with Crippen molar-refractivity contribution in [3.05, 3.63) is 72.1 Å². The van der Waals surface area contributed by atoms with Crippen LogP contribution < -0.4 is 10.1 Å². The number of carbonyl (C=O) groups is 1. The van der Waals surface area contributed by atoms with Crippen LogP contribution in [0.25, 0.3) is 22.0 Å². The van der Waals surface area contributed by atoms with Gasteiger partial charge in [0.05, 0.1) is 22.8 Å². The molecule has 1 amide bonds. The molecule has 10 nitrogen and oxygen atoms in total. The highest BCUT2D eigenvalue weighted by Gasteiger charge is 2.28. The summed E-state index contributed by atoms with van der Waals surface area (Å²) in [5.74, 6) is 1.97. The fourth-order valence-corrected chi connectivity index (χ4v) is 8.60. The first-order chi connectivity index (χ1) is 22.9. The molecule has 4 aromatic rings. The van der Waals surface area contributed by atoms with Crippen LogP contribution in [0.1, 0.15) is 70.4 Å². The van der Waals surface area contributed by atoms with Crippen molar-refractivity contribution in [3.8, 4) is 22.9 Å². The summed E-state index contributed by atoms with van der Waals surface area (Å²) in [4.78, 5) is 28.3. The normalized spacial score (nSPS) is 17.4. The molecule has 11 heteroatoms. The molecular formula is C37H45N5O5S. The minimum atomic E-state index is -3.26. The lowest BCUT2D eigenvalue weighted by Crippen LogP contribution is -2.47. The van der Waals surface area contributed by atoms with Gasteiger partial charge in [-0.2, -0.15) is 0 Å². The summed E-state index contributed by atoms with van der Waals surface area (Å²) in [6.45, 7) is 8.71. The molecule has 1 atom stereocenters. The molecule has 1 saturated heterocycles. The predicted octanol–water partition coefficient (Wildman–Crippen LogP) is 7.71. The third kappa shape index (κ3) is 8.24. The van der Waals surface area contributed by atoms with Gasteiger partial charge in [-0.3, -0.25) is 0 Å². The molecular weight excluding hydrogens is 627 g/mol. The monoisotopic (exact) mass is 671 g/mol. The van der Waals surface area contributed by atoms with Crippen LogP contribution >= 0.6 is 0 Å². The van der Waals surface area contributed by atoms with Gasteiger partial charge in [-0.15, -0.1) is 0 Å². The lowest BCUT2D eigenvalue weighted by Gasteiger charge is -2.34. The zero-order chi connectivity index (χ0) is 33.9. The average Bonchev–Trinajstić information content (AvgIpc) is 3.54. The summed E-state index contributed by atoms with van der Waals surface area (Å²) < 4.78 is 38.6. The third-order valence-electron chi connectivity index (χ3n) is 8.95. The first kappa shape index (κ1) is 33.6. The van der Waals surface area contributed by atoms with Crippen molar-refractivity contribution in [2.45, 2.75) is 83.6 Å². The molecule has 0 unspecified atom stereocenters. The van der Waals surface area contributed by atoms with Gasteiger partial charge in [-0.25, -0.2) is 28.2 Å². The molecule has 1 aliphatic carbocycles. The quantitative estimate of drug-likeness (QED) is 0.191. The summed E-state index contributed by atoms with van der Waals surface area (Å²) in [7, 11) is -3.26. The molecule has 1 aliphatic heterocycles. The Morgan fingerprint density at radius 2 is 1.77 bits per heavy atom. The molecule has 2 aromatic heterocycles. The SMILES string of the molecule is Cc1ccc2c(CS(=O)(=O)CC3CCCC3)cccc2c1Oc1ncccc1-c1ccnc(N[C@H]2CCCN(C(=O)OC(C)(C)C)C2)n1. The number of benzene rings is 2. The number of nitrogens with zero attached hydrogens (tertiary/aromatic N) is 4. The molecule has 2 aliphatic rings. The van der Waals surface area contributed by atoms with Gasteiger partial charge in [-0.1, -0.05) is 43.2 Å². The van der Waals surface area contributed by atoms with Gasteiger partial charge in [0.15, 0.2) is 9.84 Å². The Kier molecular flexibility index (Phi) is 9.87. The van der Waals surface area contributed by atoms with Crippen molar-refractivity contribution < 1.29 is 22.7 Å². The fraction of sp³-hybridized carbons (Fsp3) is 0.459. The number of hydrogen-bond donors (Lipinski definition) is 1. The second kappa shape index (κ2) is 14.1. The number of anilines is 1. The van der Waals surface area contributed by atoms with Crippen LogP contribution in [0.4, 0.5) is 10.7 Å². The molecule has 48 heavy (non-hydrogen) atoms. The van der Waals surface area contributed by atoms with E-state index >= 15 is 0 Å². The Morgan fingerprint density at radius 3 is 2.56 bits per heavy atom. The van der Waals surface area contributed by atoms with Gasteiger partial charge in [0, 0.05) is 36.9 Å². The first-order valence-electron chi connectivity index (χ1n) is 16.9. The Morgan fingerprint density at radius 1 is 0.958 bits per heavy atom. The molecule has 0 bridgehead atoms. The largest absolute Gasteiger partial charge is 0.444 e. The smallest absolute Gasteiger partial charge is 0.410 e. The standard InChI is InChI=1S/C37H45N5O5S/c1-25-16-17-29-27(24-48(44,45)23-26-10-5-6-11-26)12-7-14-30(29)33(25)46-34-31(15-8-19-38-34)32-18-20-39-35(41-32)40-28-13-9-21-42(22-28)36(43)47-37(2,3)4/h7-8,12,14-20,26,28H,5-6,9-11,13,21-24H2,1-4H3,(H,39,40,41)/t28-/m0/s1. The van der Waals surface area contributed by atoms with Gasteiger partial charge < -0.3 is 19.7 Å².